The Kier molecular flexibility index (Phi) is 2.23. The summed E-state index contributed by atoms with van der Waals surface area (Å²) in [6.07, 6.45) is 4.59. The van der Waals surface area contributed by atoms with Crippen molar-refractivity contribution in [2.75, 3.05) is 4.42 Å². The third kappa shape index (κ3) is 1.45. The highest BCUT2D eigenvalue weighted by Gasteiger charge is 1.98. The van der Waals surface area contributed by atoms with E-state index in [2.05, 4.69) is 4.98 Å². The largest absolute Gasteiger partial charge is 0.332 e. The fourth-order valence-corrected chi connectivity index (χ4v) is 0.640. The third-order valence-corrected chi connectivity index (χ3v) is 1.23. The SMILES string of the molecule is O=[C]N(Cl)c1ccncc1. The average molecular weight is 156 g/mol. The molecule has 0 saturated carbocycles. The second-order valence-electron chi connectivity index (χ2n) is 1.58. The van der Waals surface area contributed by atoms with Gasteiger partial charge in [-0.25, -0.2) is 4.42 Å². The molecule has 51 valence electrons. The molecule has 0 spiro atoms. The van der Waals surface area contributed by atoms with Gasteiger partial charge in [-0.05, 0) is 12.1 Å². The smallest absolute Gasteiger partial charge is 0.265 e. The lowest BCUT2D eigenvalue weighted by Gasteiger charge is -2.02. The van der Waals surface area contributed by atoms with Crippen LogP contribution in [0.3, 0.4) is 0 Å². The van der Waals surface area contributed by atoms with Crippen molar-refractivity contribution in [2.45, 2.75) is 0 Å². The third-order valence-electron chi connectivity index (χ3n) is 0.970. The van der Waals surface area contributed by atoms with E-state index in [1.807, 2.05) is 0 Å². The Morgan fingerprint density at radius 2 is 2.10 bits per heavy atom. The van der Waals surface area contributed by atoms with Crippen molar-refractivity contribution in [2.24, 2.45) is 0 Å². The minimum Gasteiger partial charge on any atom is -0.265 e. The summed E-state index contributed by atoms with van der Waals surface area (Å²) >= 11 is 5.37. The van der Waals surface area contributed by atoms with E-state index >= 15 is 0 Å². The lowest BCUT2D eigenvalue weighted by atomic mass is 10.4. The molecule has 1 aromatic rings. The van der Waals surface area contributed by atoms with E-state index in [1.54, 1.807) is 24.5 Å². The van der Waals surface area contributed by atoms with Gasteiger partial charge in [-0.3, -0.25) is 9.78 Å². The Balaban J connectivity index is 2.84. The summed E-state index contributed by atoms with van der Waals surface area (Å²) in [7, 11) is 0. The maximum absolute atomic E-state index is 9.95. The number of hydrogen-bond acceptors (Lipinski definition) is 2. The number of pyridine rings is 1. The van der Waals surface area contributed by atoms with Crippen LogP contribution in [0.15, 0.2) is 24.5 Å². The zero-order valence-electron chi connectivity index (χ0n) is 4.99. The Morgan fingerprint density at radius 1 is 1.50 bits per heavy atom. The van der Waals surface area contributed by atoms with Gasteiger partial charge in [0, 0.05) is 24.2 Å². The Labute approximate surface area is 63.4 Å². The molecule has 0 fully saturated rings. The molecule has 0 aliphatic rings. The number of aromatic nitrogens is 1. The van der Waals surface area contributed by atoms with Gasteiger partial charge >= 0.3 is 6.41 Å². The number of amides is 1. The number of hydrogen-bond donors (Lipinski definition) is 0. The first kappa shape index (κ1) is 7.02. The van der Waals surface area contributed by atoms with E-state index in [0.717, 1.165) is 4.42 Å². The van der Waals surface area contributed by atoms with E-state index in [1.165, 1.54) is 6.41 Å². The monoisotopic (exact) mass is 155 g/mol. The summed E-state index contributed by atoms with van der Waals surface area (Å²) < 4.78 is 0.835. The normalized spacial score (nSPS) is 8.90. The minimum absolute atomic E-state index is 0.562. The molecule has 10 heavy (non-hydrogen) atoms. The predicted octanol–water partition coefficient (Wildman–Crippen LogP) is 1.11. The molecule has 0 aliphatic heterocycles. The molecule has 0 N–H and O–H groups in total. The summed E-state index contributed by atoms with van der Waals surface area (Å²) in [5, 5.41) is 0. The fraction of sp³-hybridized carbons (Fsp3) is 0. The van der Waals surface area contributed by atoms with Gasteiger partial charge in [0.25, 0.3) is 0 Å². The first-order valence-electron chi connectivity index (χ1n) is 2.58. The molecule has 4 heteroatoms. The molecule has 3 nitrogen and oxygen atoms in total. The highest BCUT2D eigenvalue weighted by molar-refractivity contribution is 6.33. The highest BCUT2D eigenvalue weighted by atomic mass is 35.5. The lowest BCUT2D eigenvalue weighted by molar-refractivity contribution is 0.558. The number of anilines is 1. The molecule has 0 saturated heterocycles. The van der Waals surface area contributed by atoms with Crippen LogP contribution in [0.5, 0.6) is 0 Å². The number of nitrogens with zero attached hydrogens (tertiary/aromatic N) is 2. The summed E-state index contributed by atoms with van der Waals surface area (Å²) in [5.74, 6) is 0. The van der Waals surface area contributed by atoms with Crippen LogP contribution >= 0.6 is 11.8 Å². The summed E-state index contributed by atoms with van der Waals surface area (Å²) in [5.41, 5.74) is 0.562. The van der Waals surface area contributed by atoms with Crippen molar-refractivity contribution in [1.82, 2.24) is 4.98 Å². The maximum atomic E-state index is 9.95. The second-order valence-corrected chi connectivity index (χ2v) is 1.92. The highest BCUT2D eigenvalue weighted by Crippen LogP contribution is 2.11. The van der Waals surface area contributed by atoms with Crippen LogP contribution in [0, 0.1) is 0 Å². The summed E-state index contributed by atoms with van der Waals surface area (Å²) in [4.78, 5) is 13.7. The maximum Gasteiger partial charge on any atom is 0.332 e. The molecule has 1 aromatic heterocycles. The minimum atomic E-state index is 0.562. The molecule has 1 heterocycles. The molecule has 0 aliphatic carbocycles. The zero-order chi connectivity index (χ0) is 7.40. The van der Waals surface area contributed by atoms with Crippen LogP contribution in [0.25, 0.3) is 0 Å². The van der Waals surface area contributed by atoms with Gasteiger partial charge in [0.2, 0.25) is 0 Å². The quantitative estimate of drug-likeness (QED) is 0.474. The van der Waals surface area contributed by atoms with Crippen molar-refractivity contribution in [3.63, 3.8) is 0 Å². The van der Waals surface area contributed by atoms with Crippen LogP contribution in [0.4, 0.5) is 5.69 Å². The van der Waals surface area contributed by atoms with E-state index in [9.17, 15) is 4.79 Å². The molecule has 0 unspecified atom stereocenters. The van der Waals surface area contributed by atoms with Crippen molar-refractivity contribution in [1.29, 1.82) is 0 Å². The Bertz CT molecular complexity index is 214. The topological polar surface area (TPSA) is 33.2 Å². The van der Waals surface area contributed by atoms with Crippen molar-refractivity contribution >= 4 is 23.9 Å². The van der Waals surface area contributed by atoms with E-state index in [4.69, 9.17) is 11.8 Å². The van der Waals surface area contributed by atoms with Crippen molar-refractivity contribution in [3.05, 3.63) is 24.5 Å². The molecular weight excluding hydrogens is 152 g/mol. The standard InChI is InChI=1S/C6H4ClN2O/c7-9(5-10)6-1-3-8-4-2-6/h1-4H. The predicted molar refractivity (Wildman–Crippen MR) is 38.3 cm³/mol. The Hall–Kier alpha value is -1.09. The number of carbonyl (C=O) groups excluding carboxylic acids is 1. The van der Waals surface area contributed by atoms with Crippen LogP contribution in [-0.4, -0.2) is 11.4 Å². The Morgan fingerprint density at radius 3 is 2.60 bits per heavy atom. The van der Waals surface area contributed by atoms with E-state index < -0.39 is 0 Å². The first-order chi connectivity index (χ1) is 4.84. The number of rotatable bonds is 2. The van der Waals surface area contributed by atoms with Gasteiger partial charge in [-0.15, -0.1) is 0 Å². The average Bonchev–Trinajstić information content (AvgIpc) is 2.05. The molecule has 1 radical (unpaired) electrons. The summed E-state index contributed by atoms with van der Waals surface area (Å²) in [6.45, 7) is 0. The lowest BCUT2D eigenvalue weighted by Crippen LogP contribution is -2.05. The molecule has 0 aromatic carbocycles. The van der Waals surface area contributed by atoms with Crippen molar-refractivity contribution in [3.8, 4) is 0 Å². The first-order valence-corrected chi connectivity index (χ1v) is 2.92. The van der Waals surface area contributed by atoms with Gasteiger partial charge in [0.15, 0.2) is 0 Å². The molecule has 0 bridgehead atoms. The van der Waals surface area contributed by atoms with Crippen molar-refractivity contribution < 1.29 is 4.79 Å². The zero-order valence-corrected chi connectivity index (χ0v) is 5.75. The summed E-state index contributed by atoms with van der Waals surface area (Å²) in [6, 6.07) is 3.22. The van der Waals surface area contributed by atoms with E-state index in [0.29, 0.717) is 5.69 Å². The second kappa shape index (κ2) is 3.17. The fourth-order valence-electron chi connectivity index (χ4n) is 0.528. The van der Waals surface area contributed by atoms with Gasteiger partial charge in [0.1, 0.15) is 0 Å². The molecule has 1 rings (SSSR count). The van der Waals surface area contributed by atoms with Crippen LogP contribution in [0.2, 0.25) is 0 Å². The van der Waals surface area contributed by atoms with Gasteiger partial charge in [0.05, 0.1) is 5.69 Å². The number of halogens is 1. The van der Waals surface area contributed by atoms with E-state index in [-0.39, 0.29) is 0 Å². The van der Waals surface area contributed by atoms with Crippen LogP contribution < -0.4 is 4.42 Å². The van der Waals surface area contributed by atoms with Crippen LogP contribution in [-0.2, 0) is 4.79 Å². The van der Waals surface area contributed by atoms with Gasteiger partial charge < -0.3 is 0 Å². The van der Waals surface area contributed by atoms with Gasteiger partial charge in [-0.1, -0.05) is 0 Å². The van der Waals surface area contributed by atoms with Gasteiger partial charge in [-0.2, -0.15) is 0 Å². The molecule has 0 atom stereocenters. The van der Waals surface area contributed by atoms with Crippen LogP contribution in [0.1, 0.15) is 0 Å². The molecule has 1 amide bonds. The molecular formula is C6H4ClN2O.